The van der Waals surface area contributed by atoms with Crippen LogP contribution >= 0.6 is 21.8 Å². The minimum absolute atomic E-state index is 0.0400. The summed E-state index contributed by atoms with van der Waals surface area (Å²) in [5.74, 6) is 0.391. The van der Waals surface area contributed by atoms with Gasteiger partial charge < -0.3 is 14.8 Å². The number of rotatable bonds is 11. The van der Waals surface area contributed by atoms with Gasteiger partial charge in [-0.1, -0.05) is 0 Å². The van der Waals surface area contributed by atoms with Crippen molar-refractivity contribution in [1.82, 2.24) is 24.4 Å². The van der Waals surface area contributed by atoms with E-state index in [2.05, 4.69) is 39.3 Å². The van der Waals surface area contributed by atoms with Crippen LogP contribution in [0.2, 0.25) is 0 Å². The number of hydrogen-bond donors (Lipinski definition) is 1. The molecule has 37 heavy (non-hydrogen) atoms. The Hall–Kier alpha value is -3.16. The van der Waals surface area contributed by atoms with Crippen molar-refractivity contribution in [3.8, 4) is 17.0 Å². The van der Waals surface area contributed by atoms with Crippen LogP contribution in [-0.4, -0.2) is 74.3 Å². The molecule has 3 heterocycles. The predicted octanol–water partition coefficient (Wildman–Crippen LogP) is 4.84. The van der Waals surface area contributed by atoms with E-state index in [0.717, 1.165) is 10.6 Å². The molecule has 0 saturated heterocycles. The fraction of sp³-hybridized carbons (Fsp3) is 0.333. The van der Waals surface area contributed by atoms with Crippen LogP contribution in [0, 0.1) is 0 Å². The number of anilines is 1. The van der Waals surface area contributed by atoms with Crippen molar-refractivity contribution < 1.29 is 23.0 Å². The number of ether oxygens (including phenoxy) is 2. The lowest BCUT2D eigenvalue weighted by Crippen LogP contribution is -2.14. The molecule has 198 valence electrons. The van der Waals surface area contributed by atoms with Crippen LogP contribution in [0.25, 0.3) is 16.9 Å². The number of fused-ring (bicyclic) bond motifs is 1. The Kier molecular flexibility index (Phi) is 8.35. The minimum Gasteiger partial charge on any atom is -0.434 e. The van der Waals surface area contributed by atoms with Gasteiger partial charge in [0.15, 0.2) is 5.65 Å². The van der Waals surface area contributed by atoms with Gasteiger partial charge in [0.1, 0.15) is 18.0 Å². The highest BCUT2D eigenvalue weighted by Gasteiger charge is 2.23. The van der Waals surface area contributed by atoms with Crippen LogP contribution in [0.5, 0.6) is 5.75 Å². The number of thioether (sulfide) groups is 1. The molecule has 4 rings (SSSR count). The Bertz CT molecular complexity index is 1390. The summed E-state index contributed by atoms with van der Waals surface area (Å²) in [7, 11) is -0.755. The number of halogens is 2. The highest BCUT2D eigenvalue weighted by molar-refractivity contribution is 8.32. The van der Waals surface area contributed by atoms with E-state index in [1.165, 1.54) is 39.4 Å². The highest BCUT2D eigenvalue weighted by Crippen LogP contribution is 2.39. The third-order valence-electron chi connectivity index (χ3n) is 5.32. The number of nitrogens with zero attached hydrogens (tertiary/aromatic N) is 5. The molecular formula is C24H28F2N6O3S2. The van der Waals surface area contributed by atoms with Crippen molar-refractivity contribution >= 4 is 39.0 Å². The lowest BCUT2D eigenvalue weighted by molar-refractivity contribution is -0.0495. The lowest BCUT2D eigenvalue weighted by Gasteiger charge is -2.24. The van der Waals surface area contributed by atoms with Crippen molar-refractivity contribution in [2.24, 2.45) is 0 Å². The molecule has 1 N–H and O–H groups in total. The van der Waals surface area contributed by atoms with Gasteiger partial charge in [-0.15, -0.1) is 11.8 Å². The molecule has 0 radical (unpaired) electrons. The first-order chi connectivity index (χ1) is 17.7. The smallest absolute Gasteiger partial charge is 0.387 e. The number of amides is 1. The van der Waals surface area contributed by atoms with E-state index >= 15 is 0 Å². The van der Waals surface area contributed by atoms with Gasteiger partial charge in [0, 0.05) is 28.6 Å². The molecule has 0 atom stereocenters. The van der Waals surface area contributed by atoms with Gasteiger partial charge in [-0.3, -0.25) is 4.79 Å². The summed E-state index contributed by atoms with van der Waals surface area (Å²) in [4.78, 5) is 18.3. The molecule has 9 nitrogen and oxygen atoms in total. The van der Waals surface area contributed by atoms with E-state index < -0.39 is 22.5 Å². The van der Waals surface area contributed by atoms with Crippen LogP contribution in [0.4, 0.5) is 14.5 Å². The zero-order chi connectivity index (χ0) is 26.6. The average Bonchev–Trinajstić information content (AvgIpc) is 3.45. The Morgan fingerprint density at radius 3 is 2.76 bits per heavy atom. The van der Waals surface area contributed by atoms with Crippen molar-refractivity contribution in [2.45, 2.75) is 18.2 Å². The molecule has 0 aliphatic carbocycles. The number of alkyl halides is 2. The third kappa shape index (κ3) is 6.59. The highest BCUT2D eigenvalue weighted by atomic mass is 32.3. The van der Waals surface area contributed by atoms with Crippen LogP contribution in [-0.2, 0) is 11.5 Å². The average molecular weight is 551 g/mol. The first kappa shape index (κ1) is 26.9. The maximum Gasteiger partial charge on any atom is 0.387 e. The maximum atomic E-state index is 13.3. The van der Waals surface area contributed by atoms with E-state index in [1.807, 2.05) is 6.26 Å². The first-order valence-corrected chi connectivity index (χ1v) is 15.4. The van der Waals surface area contributed by atoms with Crippen molar-refractivity contribution in [3.63, 3.8) is 0 Å². The van der Waals surface area contributed by atoms with E-state index in [0.29, 0.717) is 29.2 Å². The predicted molar refractivity (Wildman–Crippen MR) is 143 cm³/mol. The molecule has 1 aromatic carbocycles. The largest absolute Gasteiger partial charge is 0.434 e. The van der Waals surface area contributed by atoms with E-state index in [4.69, 9.17) is 9.47 Å². The van der Waals surface area contributed by atoms with Crippen LogP contribution < -0.4 is 10.1 Å². The topological polar surface area (TPSA) is 95.6 Å². The van der Waals surface area contributed by atoms with E-state index in [-0.39, 0.29) is 18.0 Å². The van der Waals surface area contributed by atoms with Crippen molar-refractivity contribution in [1.29, 1.82) is 0 Å². The Morgan fingerprint density at radius 1 is 1.22 bits per heavy atom. The molecular weight excluding hydrogens is 522 g/mol. The second-order valence-corrected chi connectivity index (χ2v) is 14.3. The molecule has 13 heteroatoms. The van der Waals surface area contributed by atoms with Gasteiger partial charge in [0.2, 0.25) is 0 Å². The van der Waals surface area contributed by atoms with Gasteiger partial charge in [-0.05, 0) is 49.3 Å². The molecule has 0 fully saturated rings. The normalized spacial score (nSPS) is 12.3. The Morgan fingerprint density at radius 2 is 2.03 bits per heavy atom. The summed E-state index contributed by atoms with van der Waals surface area (Å²) in [6.45, 7) is -2.44. The number of aromatic nitrogens is 5. The van der Waals surface area contributed by atoms with Crippen LogP contribution in [0.15, 0.2) is 53.9 Å². The Labute approximate surface area is 218 Å². The van der Waals surface area contributed by atoms with Crippen LogP contribution in [0.1, 0.15) is 10.4 Å². The standard InChI is InChI=1S/C24H28F2N6O3S2/c1-36-16-6-7-20(35-24(25)26)17(12-16)21-19(14-29-32(21)15-34-10-11-37(2,3)4)30-23(33)18-13-28-31-9-5-8-27-22(18)31/h5-9,12-14,24H,10-11,15H2,1-4H3,(H,30,33). The molecule has 4 aromatic rings. The summed E-state index contributed by atoms with van der Waals surface area (Å²) in [6, 6.07) is 6.60. The summed E-state index contributed by atoms with van der Waals surface area (Å²) in [6.07, 6.45) is 14.6. The number of carbonyl (C=O) groups excluding carboxylic acids is 1. The van der Waals surface area contributed by atoms with Gasteiger partial charge in [0.05, 0.1) is 30.4 Å². The molecule has 0 saturated carbocycles. The van der Waals surface area contributed by atoms with Crippen molar-refractivity contribution in [3.05, 3.63) is 54.6 Å². The number of benzene rings is 1. The van der Waals surface area contributed by atoms with Gasteiger partial charge in [0.25, 0.3) is 5.91 Å². The Balaban J connectivity index is 1.72. The molecule has 0 spiro atoms. The molecule has 0 aliphatic heterocycles. The monoisotopic (exact) mass is 550 g/mol. The molecule has 1 amide bonds. The molecule has 0 bridgehead atoms. The molecule has 0 unspecified atom stereocenters. The summed E-state index contributed by atoms with van der Waals surface area (Å²) in [5, 5.41) is 11.4. The summed E-state index contributed by atoms with van der Waals surface area (Å²) >= 11 is 1.45. The second-order valence-electron chi connectivity index (χ2n) is 8.88. The zero-order valence-corrected chi connectivity index (χ0v) is 22.5. The first-order valence-electron chi connectivity index (χ1n) is 11.2. The van der Waals surface area contributed by atoms with Gasteiger partial charge in [-0.25, -0.2) is 24.2 Å². The maximum absolute atomic E-state index is 13.3. The fourth-order valence-electron chi connectivity index (χ4n) is 3.52. The minimum atomic E-state index is -3.02. The summed E-state index contributed by atoms with van der Waals surface area (Å²) < 4.78 is 40.3. The number of nitrogens with one attached hydrogen (secondary N) is 1. The quantitative estimate of drug-likeness (QED) is 0.211. The second kappa shape index (κ2) is 11.5. The van der Waals surface area contributed by atoms with Gasteiger partial charge in [-0.2, -0.15) is 19.0 Å². The van der Waals surface area contributed by atoms with E-state index in [9.17, 15) is 13.6 Å². The van der Waals surface area contributed by atoms with Crippen molar-refractivity contribution in [2.75, 3.05) is 42.7 Å². The summed E-state index contributed by atoms with van der Waals surface area (Å²) in [5.41, 5.74) is 1.68. The fourth-order valence-corrected chi connectivity index (χ4v) is 4.57. The molecule has 0 aliphatic rings. The SMILES string of the molecule is CSc1ccc(OC(F)F)c(-c2c(NC(=O)c3cnn4cccnc34)cnn2COCCS(C)(C)C)c1. The number of carbonyl (C=O) groups is 1. The van der Waals surface area contributed by atoms with Crippen LogP contribution in [0.3, 0.4) is 0 Å². The molecule has 3 aromatic heterocycles. The number of hydrogen-bond acceptors (Lipinski definition) is 7. The lowest BCUT2D eigenvalue weighted by atomic mass is 10.1. The van der Waals surface area contributed by atoms with Gasteiger partial charge >= 0.3 is 6.61 Å². The zero-order valence-electron chi connectivity index (χ0n) is 20.9. The van der Waals surface area contributed by atoms with E-state index in [1.54, 1.807) is 30.6 Å². The third-order valence-corrected chi connectivity index (χ3v) is 7.44.